The quantitative estimate of drug-likeness (QED) is 0.626. The van der Waals surface area contributed by atoms with Gasteiger partial charge in [-0.05, 0) is 24.1 Å². The minimum Gasteiger partial charge on any atom is -0.207 e. The molecule has 0 spiro atoms. The van der Waals surface area contributed by atoms with E-state index in [-0.39, 0.29) is 5.82 Å². The van der Waals surface area contributed by atoms with E-state index in [1.165, 1.54) is 6.07 Å². The third kappa shape index (κ3) is 2.88. The Morgan fingerprint density at radius 3 is 2.64 bits per heavy atom. The minimum absolute atomic E-state index is 0.130. The van der Waals surface area contributed by atoms with Gasteiger partial charge in [-0.2, -0.15) is 0 Å². The van der Waals surface area contributed by atoms with Gasteiger partial charge in [0.2, 0.25) is 0 Å². The average molecular weight is 190 g/mol. The number of rotatable bonds is 2. The zero-order chi connectivity index (χ0) is 10.4. The first-order chi connectivity index (χ1) is 6.77. The molecule has 14 heavy (non-hydrogen) atoms. The molecule has 0 aliphatic carbocycles. The molecule has 0 N–H and O–H groups in total. The molecule has 0 atom stereocenters. The summed E-state index contributed by atoms with van der Waals surface area (Å²) in [6.07, 6.45) is 2.57. The van der Waals surface area contributed by atoms with Crippen molar-refractivity contribution in [2.75, 3.05) is 0 Å². The van der Waals surface area contributed by atoms with Crippen LogP contribution >= 0.6 is 0 Å². The Hall–Kier alpha value is -1.29. The molecule has 0 nitrogen and oxygen atoms in total. The number of hydrogen-bond donors (Lipinski definition) is 0. The molecule has 0 saturated heterocycles. The van der Waals surface area contributed by atoms with Crippen LogP contribution in [0.3, 0.4) is 0 Å². The Bertz CT molecular complexity index is 355. The van der Waals surface area contributed by atoms with Crippen molar-refractivity contribution in [3.63, 3.8) is 0 Å². The number of aryl methyl sites for hydroxylation is 1. The van der Waals surface area contributed by atoms with Crippen molar-refractivity contribution in [3.05, 3.63) is 35.1 Å². The standard InChI is InChI=1S/C13H15F/c1-3-5-7-11-8-9-12(6-4-2)13(14)10-11/h8-10H,3-4,6H2,1-2H3. The fourth-order valence-corrected chi connectivity index (χ4v) is 1.29. The van der Waals surface area contributed by atoms with Crippen molar-refractivity contribution < 1.29 is 4.39 Å². The molecule has 0 fully saturated rings. The van der Waals surface area contributed by atoms with Crippen LogP contribution in [0.25, 0.3) is 0 Å². The molecule has 1 aromatic carbocycles. The summed E-state index contributed by atoms with van der Waals surface area (Å²) in [5.74, 6) is 5.71. The van der Waals surface area contributed by atoms with Crippen molar-refractivity contribution in [1.29, 1.82) is 0 Å². The second kappa shape index (κ2) is 5.44. The van der Waals surface area contributed by atoms with Gasteiger partial charge in [0.1, 0.15) is 5.82 Å². The van der Waals surface area contributed by atoms with Gasteiger partial charge in [0, 0.05) is 12.0 Å². The van der Waals surface area contributed by atoms with E-state index in [0.29, 0.717) is 0 Å². The largest absolute Gasteiger partial charge is 0.207 e. The third-order valence-corrected chi connectivity index (χ3v) is 1.98. The molecular weight excluding hydrogens is 175 g/mol. The van der Waals surface area contributed by atoms with Crippen LogP contribution < -0.4 is 0 Å². The molecule has 1 heteroatoms. The third-order valence-electron chi connectivity index (χ3n) is 1.98. The average Bonchev–Trinajstić information content (AvgIpc) is 2.19. The number of halogens is 1. The Labute approximate surface area is 85.2 Å². The van der Waals surface area contributed by atoms with Crippen LogP contribution in [-0.2, 0) is 6.42 Å². The second-order valence-electron chi connectivity index (χ2n) is 3.21. The topological polar surface area (TPSA) is 0 Å². The first-order valence-corrected chi connectivity index (χ1v) is 5.05. The molecular formula is C13H15F. The van der Waals surface area contributed by atoms with Crippen LogP contribution in [0.5, 0.6) is 0 Å². The van der Waals surface area contributed by atoms with Crippen molar-refractivity contribution >= 4 is 0 Å². The van der Waals surface area contributed by atoms with Crippen molar-refractivity contribution in [2.24, 2.45) is 0 Å². The molecule has 0 saturated carbocycles. The van der Waals surface area contributed by atoms with E-state index in [4.69, 9.17) is 0 Å². The molecule has 74 valence electrons. The maximum absolute atomic E-state index is 13.4. The zero-order valence-electron chi connectivity index (χ0n) is 8.73. The van der Waals surface area contributed by atoms with Gasteiger partial charge in [-0.1, -0.05) is 38.2 Å². The van der Waals surface area contributed by atoms with E-state index >= 15 is 0 Å². The van der Waals surface area contributed by atoms with Gasteiger partial charge in [0.15, 0.2) is 0 Å². The Morgan fingerprint density at radius 1 is 1.29 bits per heavy atom. The van der Waals surface area contributed by atoms with E-state index in [2.05, 4.69) is 11.8 Å². The normalized spacial score (nSPS) is 9.36. The molecule has 0 amide bonds. The highest BCUT2D eigenvalue weighted by atomic mass is 19.1. The monoisotopic (exact) mass is 190 g/mol. The van der Waals surface area contributed by atoms with E-state index in [1.54, 1.807) is 0 Å². The lowest BCUT2D eigenvalue weighted by atomic mass is 10.1. The summed E-state index contributed by atoms with van der Waals surface area (Å²) in [6.45, 7) is 4.03. The molecule has 0 unspecified atom stereocenters. The summed E-state index contributed by atoms with van der Waals surface area (Å²) in [5.41, 5.74) is 1.55. The Balaban J connectivity index is 2.88. The van der Waals surface area contributed by atoms with E-state index in [9.17, 15) is 4.39 Å². The summed E-state index contributed by atoms with van der Waals surface area (Å²) < 4.78 is 13.4. The lowest BCUT2D eigenvalue weighted by Crippen LogP contribution is -1.90. The number of benzene rings is 1. The highest BCUT2D eigenvalue weighted by Crippen LogP contribution is 2.11. The second-order valence-corrected chi connectivity index (χ2v) is 3.21. The van der Waals surface area contributed by atoms with Crippen LogP contribution in [-0.4, -0.2) is 0 Å². The summed E-state index contributed by atoms with van der Waals surface area (Å²) in [6, 6.07) is 5.24. The van der Waals surface area contributed by atoms with Gasteiger partial charge in [-0.25, -0.2) is 4.39 Å². The van der Waals surface area contributed by atoms with Gasteiger partial charge in [-0.3, -0.25) is 0 Å². The fraction of sp³-hybridized carbons (Fsp3) is 0.385. The summed E-state index contributed by atoms with van der Waals surface area (Å²) >= 11 is 0. The lowest BCUT2D eigenvalue weighted by Gasteiger charge is -2.00. The molecule has 1 aromatic rings. The predicted octanol–water partition coefficient (Wildman–Crippen LogP) is 3.54. The highest BCUT2D eigenvalue weighted by molar-refractivity contribution is 5.36. The van der Waals surface area contributed by atoms with Gasteiger partial charge >= 0.3 is 0 Å². The van der Waals surface area contributed by atoms with Gasteiger partial charge in [-0.15, -0.1) is 0 Å². The molecule has 0 aliphatic heterocycles. The molecule has 0 aromatic heterocycles. The Morgan fingerprint density at radius 2 is 2.07 bits per heavy atom. The van der Waals surface area contributed by atoms with Crippen LogP contribution in [0.15, 0.2) is 18.2 Å². The van der Waals surface area contributed by atoms with Crippen molar-refractivity contribution in [3.8, 4) is 11.8 Å². The van der Waals surface area contributed by atoms with Crippen LogP contribution in [0.2, 0.25) is 0 Å². The molecule has 0 heterocycles. The smallest absolute Gasteiger partial charge is 0.127 e. The minimum atomic E-state index is -0.130. The van der Waals surface area contributed by atoms with Gasteiger partial charge in [0.25, 0.3) is 0 Å². The molecule has 0 bridgehead atoms. The van der Waals surface area contributed by atoms with Crippen molar-refractivity contribution in [1.82, 2.24) is 0 Å². The van der Waals surface area contributed by atoms with Gasteiger partial charge in [0.05, 0.1) is 0 Å². The predicted molar refractivity (Wildman–Crippen MR) is 57.6 cm³/mol. The maximum atomic E-state index is 13.4. The van der Waals surface area contributed by atoms with Crippen LogP contribution in [0, 0.1) is 17.7 Å². The first kappa shape index (κ1) is 10.8. The fourth-order valence-electron chi connectivity index (χ4n) is 1.29. The van der Waals surface area contributed by atoms with Crippen LogP contribution in [0.1, 0.15) is 37.8 Å². The molecule has 1 rings (SSSR count). The molecule has 0 radical (unpaired) electrons. The van der Waals surface area contributed by atoms with Gasteiger partial charge < -0.3 is 0 Å². The maximum Gasteiger partial charge on any atom is 0.127 e. The van der Waals surface area contributed by atoms with Crippen molar-refractivity contribution in [2.45, 2.75) is 33.1 Å². The zero-order valence-corrected chi connectivity index (χ0v) is 8.73. The number of hydrogen-bond acceptors (Lipinski definition) is 0. The van der Waals surface area contributed by atoms with E-state index < -0.39 is 0 Å². The lowest BCUT2D eigenvalue weighted by molar-refractivity contribution is 0.607. The molecule has 0 aliphatic rings. The van der Waals surface area contributed by atoms with Crippen LogP contribution in [0.4, 0.5) is 4.39 Å². The highest BCUT2D eigenvalue weighted by Gasteiger charge is 2.00. The van der Waals surface area contributed by atoms with E-state index in [0.717, 1.165) is 30.4 Å². The summed E-state index contributed by atoms with van der Waals surface area (Å²) in [4.78, 5) is 0. The summed E-state index contributed by atoms with van der Waals surface area (Å²) in [5, 5.41) is 0. The Kier molecular flexibility index (Phi) is 4.19. The SMILES string of the molecule is CCC#Cc1ccc(CCC)c(F)c1. The van der Waals surface area contributed by atoms with E-state index in [1.807, 2.05) is 26.0 Å². The first-order valence-electron chi connectivity index (χ1n) is 5.05. The summed E-state index contributed by atoms with van der Waals surface area (Å²) in [7, 11) is 0.